The third-order valence-electron chi connectivity index (χ3n) is 4.07. The maximum Gasteiger partial charge on any atom is 0.337 e. The molecule has 2 aromatic carbocycles. The van der Waals surface area contributed by atoms with E-state index in [-0.39, 0.29) is 5.56 Å². The highest BCUT2D eigenvalue weighted by Gasteiger charge is 2.17. The van der Waals surface area contributed by atoms with Gasteiger partial charge in [-0.15, -0.1) is 0 Å². The number of hydrogen-bond acceptors (Lipinski definition) is 5. The van der Waals surface area contributed by atoms with Gasteiger partial charge in [0, 0.05) is 17.6 Å². The van der Waals surface area contributed by atoms with Gasteiger partial charge in [-0.3, -0.25) is 4.79 Å². The first-order valence-corrected chi connectivity index (χ1v) is 8.28. The number of hydrogen-bond donors (Lipinski definition) is 2. The Kier molecular flexibility index (Phi) is 5.23. The van der Waals surface area contributed by atoms with E-state index in [0.29, 0.717) is 38.7 Å². The molecule has 1 heterocycles. The number of aromatic amines is 1. The molecular weight excluding hydrogens is 372 g/mol. The van der Waals surface area contributed by atoms with Crippen LogP contribution in [0.1, 0.15) is 20.7 Å². The van der Waals surface area contributed by atoms with Crippen LogP contribution in [0.5, 0.6) is 11.5 Å². The van der Waals surface area contributed by atoms with Crippen LogP contribution >= 0.6 is 11.6 Å². The summed E-state index contributed by atoms with van der Waals surface area (Å²) in [6.07, 6.45) is 1.58. The van der Waals surface area contributed by atoms with Crippen LogP contribution in [0.3, 0.4) is 0 Å². The highest BCUT2D eigenvalue weighted by atomic mass is 35.5. The number of carbonyl (C=O) groups excluding carboxylic acids is 2. The Bertz CT molecular complexity index is 1030. The van der Waals surface area contributed by atoms with E-state index in [9.17, 15) is 9.59 Å². The monoisotopic (exact) mass is 388 g/mol. The van der Waals surface area contributed by atoms with Crippen molar-refractivity contribution in [3.8, 4) is 11.5 Å². The number of H-pyrrole nitrogens is 1. The molecule has 3 rings (SSSR count). The molecule has 3 aromatic rings. The van der Waals surface area contributed by atoms with Gasteiger partial charge < -0.3 is 24.5 Å². The lowest BCUT2D eigenvalue weighted by atomic mass is 10.1. The quantitative estimate of drug-likeness (QED) is 0.647. The smallest absolute Gasteiger partial charge is 0.337 e. The fourth-order valence-corrected chi connectivity index (χ4v) is 2.86. The number of methoxy groups -OCH3 is 3. The Morgan fingerprint density at radius 2 is 1.74 bits per heavy atom. The van der Waals surface area contributed by atoms with Crippen LogP contribution < -0.4 is 14.8 Å². The maximum atomic E-state index is 12.8. The van der Waals surface area contributed by atoms with E-state index in [2.05, 4.69) is 15.0 Å². The summed E-state index contributed by atoms with van der Waals surface area (Å²) in [5.41, 5.74) is 1.69. The number of benzene rings is 2. The van der Waals surface area contributed by atoms with Crippen LogP contribution in [0, 0.1) is 0 Å². The van der Waals surface area contributed by atoms with Crippen LogP contribution in [0.25, 0.3) is 10.9 Å². The standard InChI is InChI=1S/C19H17ClN2O5/c1-25-16-7-11-12(9-21-14(11)8-17(16)26-2)18(23)22-15-6-10(19(24)27-3)4-5-13(15)20/h4-9,21H,1-3H3,(H,22,23). The largest absolute Gasteiger partial charge is 0.493 e. The van der Waals surface area contributed by atoms with E-state index in [1.54, 1.807) is 18.3 Å². The zero-order valence-electron chi connectivity index (χ0n) is 14.9. The van der Waals surface area contributed by atoms with Gasteiger partial charge in [-0.2, -0.15) is 0 Å². The summed E-state index contributed by atoms with van der Waals surface area (Å²) < 4.78 is 15.2. The molecule has 0 aliphatic carbocycles. The molecule has 2 N–H and O–H groups in total. The average molecular weight is 389 g/mol. The predicted molar refractivity (Wildman–Crippen MR) is 102 cm³/mol. The number of ether oxygens (including phenoxy) is 3. The summed E-state index contributed by atoms with van der Waals surface area (Å²) in [6, 6.07) is 7.96. The highest BCUT2D eigenvalue weighted by molar-refractivity contribution is 6.34. The van der Waals surface area contributed by atoms with Crippen molar-refractivity contribution in [3.63, 3.8) is 0 Å². The molecule has 0 atom stereocenters. The highest BCUT2D eigenvalue weighted by Crippen LogP contribution is 2.34. The van der Waals surface area contributed by atoms with Crippen LogP contribution in [0.4, 0.5) is 5.69 Å². The van der Waals surface area contributed by atoms with Crippen molar-refractivity contribution < 1.29 is 23.8 Å². The Labute approximate surface area is 160 Å². The Balaban J connectivity index is 1.96. The van der Waals surface area contributed by atoms with Gasteiger partial charge in [0.15, 0.2) is 11.5 Å². The molecule has 0 spiro atoms. The second-order valence-electron chi connectivity index (χ2n) is 5.60. The van der Waals surface area contributed by atoms with Gasteiger partial charge in [0.2, 0.25) is 0 Å². The molecule has 0 saturated heterocycles. The maximum absolute atomic E-state index is 12.8. The van der Waals surface area contributed by atoms with E-state index >= 15 is 0 Å². The summed E-state index contributed by atoms with van der Waals surface area (Å²) >= 11 is 6.14. The zero-order chi connectivity index (χ0) is 19.6. The number of halogens is 1. The first-order valence-electron chi connectivity index (χ1n) is 7.90. The summed E-state index contributed by atoms with van der Waals surface area (Å²) in [7, 11) is 4.34. The molecule has 0 saturated carbocycles. The van der Waals surface area contributed by atoms with E-state index in [1.165, 1.54) is 39.5 Å². The second kappa shape index (κ2) is 7.59. The number of nitrogens with one attached hydrogen (secondary N) is 2. The first-order chi connectivity index (χ1) is 13.0. The number of carbonyl (C=O) groups is 2. The molecule has 140 valence electrons. The lowest BCUT2D eigenvalue weighted by molar-refractivity contribution is 0.0600. The summed E-state index contributed by atoms with van der Waals surface area (Å²) in [5.74, 6) is 0.139. The minimum absolute atomic E-state index is 0.280. The molecule has 8 heteroatoms. The van der Waals surface area contributed by atoms with E-state index in [4.69, 9.17) is 21.1 Å². The van der Waals surface area contributed by atoms with Crippen molar-refractivity contribution in [2.45, 2.75) is 0 Å². The Hall–Kier alpha value is -3.19. The zero-order valence-corrected chi connectivity index (χ0v) is 15.6. The van der Waals surface area contributed by atoms with Crippen LogP contribution in [-0.4, -0.2) is 38.2 Å². The number of rotatable bonds is 5. The lowest BCUT2D eigenvalue weighted by Crippen LogP contribution is -2.12. The van der Waals surface area contributed by atoms with Gasteiger partial charge in [0.05, 0.1) is 48.7 Å². The molecule has 0 aliphatic heterocycles. The van der Waals surface area contributed by atoms with Crippen molar-refractivity contribution >= 4 is 40.1 Å². The Morgan fingerprint density at radius 1 is 1.04 bits per heavy atom. The van der Waals surface area contributed by atoms with Crippen molar-refractivity contribution in [3.05, 3.63) is 52.7 Å². The molecule has 0 unspecified atom stereocenters. The van der Waals surface area contributed by atoms with Gasteiger partial charge in [-0.1, -0.05) is 11.6 Å². The molecule has 1 aromatic heterocycles. The summed E-state index contributed by atoms with van der Waals surface area (Å²) in [4.78, 5) is 27.5. The fourth-order valence-electron chi connectivity index (χ4n) is 2.69. The molecule has 27 heavy (non-hydrogen) atoms. The SMILES string of the molecule is COC(=O)c1ccc(Cl)c(NC(=O)c2c[nH]c3cc(OC)c(OC)cc23)c1. The van der Waals surface area contributed by atoms with Gasteiger partial charge >= 0.3 is 5.97 Å². The number of amides is 1. The lowest BCUT2D eigenvalue weighted by Gasteiger charge is -2.10. The summed E-state index contributed by atoms with van der Waals surface area (Å²) in [5, 5.41) is 3.68. The van der Waals surface area contributed by atoms with Gasteiger partial charge in [0.1, 0.15) is 0 Å². The Morgan fingerprint density at radius 3 is 2.41 bits per heavy atom. The molecule has 0 radical (unpaired) electrons. The number of esters is 1. The van der Waals surface area contributed by atoms with Crippen LogP contribution in [0.2, 0.25) is 5.02 Å². The van der Waals surface area contributed by atoms with Gasteiger partial charge in [0.25, 0.3) is 5.91 Å². The normalized spacial score (nSPS) is 10.5. The van der Waals surface area contributed by atoms with E-state index in [0.717, 1.165) is 0 Å². The van der Waals surface area contributed by atoms with Crippen molar-refractivity contribution in [2.24, 2.45) is 0 Å². The topological polar surface area (TPSA) is 89.7 Å². The molecule has 0 aliphatic rings. The fraction of sp³-hybridized carbons (Fsp3) is 0.158. The van der Waals surface area contributed by atoms with E-state index in [1.807, 2.05) is 0 Å². The van der Waals surface area contributed by atoms with Crippen molar-refractivity contribution in [1.82, 2.24) is 4.98 Å². The number of fused-ring (bicyclic) bond motifs is 1. The third-order valence-corrected chi connectivity index (χ3v) is 4.40. The van der Waals surface area contributed by atoms with Crippen molar-refractivity contribution in [1.29, 1.82) is 0 Å². The predicted octanol–water partition coefficient (Wildman–Crippen LogP) is 3.88. The molecule has 1 amide bonds. The van der Waals surface area contributed by atoms with Gasteiger partial charge in [-0.05, 0) is 24.3 Å². The molecule has 7 nitrogen and oxygen atoms in total. The average Bonchev–Trinajstić information content (AvgIpc) is 3.10. The number of anilines is 1. The second-order valence-corrected chi connectivity index (χ2v) is 6.00. The molecule has 0 fully saturated rings. The minimum Gasteiger partial charge on any atom is -0.493 e. The van der Waals surface area contributed by atoms with Crippen LogP contribution in [0.15, 0.2) is 36.5 Å². The minimum atomic E-state index is -0.522. The molecular formula is C19H17ClN2O5. The molecule has 0 bridgehead atoms. The van der Waals surface area contributed by atoms with Gasteiger partial charge in [-0.25, -0.2) is 4.79 Å². The number of aromatic nitrogens is 1. The van der Waals surface area contributed by atoms with Crippen LogP contribution in [-0.2, 0) is 4.74 Å². The van der Waals surface area contributed by atoms with Crippen molar-refractivity contribution in [2.75, 3.05) is 26.6 Å². The first kappa shape index (κ1) is 18.6. The third kappa shape index (κ3) is 3.54. The van der Waals surface area contributed by atoms with E-state index < -0.39 is 11.9 Å². The summed E-state index contributed by atoms with van der Waals surface area (Å²) in [6.45, 7) is 0.